The molecule has 0 fully saturated rings. The third-order valence-corrected chi connectivity index (χ3v) is 5.15. The van der Waals surface area contributed by atoms with Crippen molar-refractivity contribution in [1.29, 1.82) is 0 Å². The number of halogens is 1. The second kappa shape index (κ2) is 7.53. The normalized spacial score (nSPS) is 10.9. The lowest BCUT2D eigenvalue weighted by molar-refractivity contribution is 1.11. The molecule has 3 heterocycles. The highest BCUT2D eigenvalue weighted by Gasteiger charge is 2.11. The van der Waals surface area contributed by atoms with Crippen LogP contribution in [0.1, 0.15) is 0 Å². The Hall–Kier alpha value is -3.44. The van der Waals surface area contributed by atoms with E-state index < -0.39 is 0 Å². The van der Waals surface area contributed by atoms with Gasteiger partial charge in [0.15, 0.2) is 4.73 Å². The predicted octanol–water partition coefficient (Wildman–Crippen LogP) is 6.56. The van der Waals surface area contributed by atoms with Gasteiger partial charge in [-0.1, -0.05) is 60.7 Å². The first kappa shape index (κ1) is 17.6. The fourth-order valence-electron chi connectivity index (χ4n) is 3.36. The SMILES string of the molecule is Brc1nc(-c2ccc(-c3ccccc3)[nH]2)cc(-c2ccc(-c3ccccc3)[nH]2)n1. The van der Waals surface area contributed by atoms with Crippen LogP contribution in [0.4, 0.5) is 0 Å². The maximum absolute atomic E-state index is 4.56. The van der Waals surface area contributed by atoms with Crippen molar-refractivity contribution in [2.75, 3.05) is 0 Å². The lowest BCUT2D eigenvalue weighted by atomic mass is 10.2. The average Bonchev–Trinajstić information content (AvgIpc) is 3.45. The molecular weight excluding hydrogens is 424 g/mol. The van der Waals surface area contributed by atoms with E-state index in [1.807, 2.05) is 54.6 Å². The number of benzene rings is 2. The summed E-state index contributed by atoms with van der Waals surface area (Å²) >= 11 is 3.46. The molecule has 2 N–H and O–H groups in total. The van der Waals surface area contributed by atoms with Crippen molar-refractivity contribution < 1.29 is 0 Å². The van der Waals surface area contributed by atoms with Gasteiger partial charge in [0.1, 0.15) is 0 Å². The first-order valence-corrected chi connectivity index (χ1v) is 10.1. The summed E-state index contributed by atoms with van der Waals surface area (Å²) in [4.78, 5) is 16.0. The average molecular weight is 441 g/mol. The Bertz CT molecular complexity index is 1160. The monoisotopic (exact) mass is 440 g/mol. The number of aromatic amines is 2. The third kappa shape index (κ3) is 3.65. The van der Waals surface area contributed by atoms with Gasteiger partial charge in [0.25, 0.3) is 0 Å². The minimum Gasteiger partial charge on any atom is -0.353 e. The fourth-order valence-corrected chi connectivity index (χ4v) is 3.74. The Morgan fingerprint density at radius 1 is 0.517 bits per heavy atom. The van der Waals surface area contributed by atoms with Crippen LogP contribution in [0.25, 0.3) is 45.3 Å². The summed E-state index contributed by atoms with van der Waals surface area (Å²) in [6.07, 6.45) is 0. The van der Waals surface area contributed by atoms with Gasteiger partial charge in [0.05, 0.1) is 22.8 Å². The standard InChI is InChI=1S/C24H17BrN4/c25-24-28-22(20-13-11-18(26-20)16-7-3-1-4-8-16)15-23(29-24)21-14-12-19(27-21)17-9-5-2-6-10-17/h1-15,26-27H. The van der Waals surface area contributed by atoms with Crippen LogP contribution in [0.3, 0.4) is 0 Å². The minimum absolute atomic E-state index is 0.553. The molecule has 0 atom stereocenters. The fraction of sp³-hybridized carbons (Fsp3) is 0. The molecule has 0 radical (unpaired) electrons. The molecule has 5 rings (SSSR count). The molecule has 0 saturated heterocycles. The summed E-state index contributed by atoms with van der Waals surface area (Å²) in [5, 5.41) is 0. The Morgan fingerprint density at radius 3 is 1.38 bits per heavy atom. The predicted molar refractivity (Wildman–Crippen MR) is 120 cm³/mol. The van der Waals surface area contributed by atoms with E-state index in [1.54, 1.807) is 0 Å². The Kier molecular flexibility index (Phi) is 4.58. The molecule has 140 valence electrons. The van der Waals surface area contributed by atoms with Crippen LogP contribution < -0.4 is 0 Å². The van der Waals surface area contributed by atoms with E-state index in [0.29, 0.717) is 4.73 Å². The highest BCUT2D eigenvalue weighted by atomic mass is 79.9. The summed E-state index contributed by atoms with van der Waals surface area (Å²) < 4.78 is 0.553. The molecule has 0 amide bonds. The smallest absolute Gasteiger partial charge is 0.197 e. The Labute approximate surface area is 176 Å². The molecular formula is C24H17BrN4. The minimum atomic E-state index is 0.553. The topological polar surface area (TPSA) is 57.4 Å². The van der Waals surface area contributed by atoms with Crippen LogP contribution >= 0.6 is 15.9 Å². The van der Waals surface area contributed by atoms with Crippen LogP contribution in [0.15, 0.2) is 95.7 Å². The molecule has 3 aromatic heterocycles. The first-order valence-electron chi connectivity index (χ1n) is 9.30. The molecule has 0 saturated carbocycles. The summed E-state index contributed by atoms with van der Waals surface area (Å²) in [5.41, 5.74) is 7.96. The summed E-state index contributed by atoms with van der Waals surface area (Å²) in [7, 11) is 0. The number of nitrogens with one attached hydrogen (secondary N) is 2. The van der Waals surface area contributed by atoms with E-state index >= 15 is 0 Å². The first-order chi connectivity index (χ1) is 14.3. The molecule has 29 heavy (non-hydrogen) atoms. The molecule has 2 aromatic carbocycles. The Morgan fingerprint density at radius 2 is 0.931 bits per heavy atom. The zero-order valence-electron chi connectivity index (χ0n) is 15.4. The highest BCUT2D eigenvalue weighted by Crippen LogP contribution is 2.29. The van der Waals surface area contributed by atoms with Crippen LogP contribution in [-0.2, 0) is 0 Å². The van der Waals surface area contributed by atoms with E-state index in [4.69, 9.17) is 0 Å². The largest absolute Gasteiger partial charge is 0.353 e. The number of hydrogen-bond donors (Lipinski definition) is 2. The van der Waals surface area contributed by atoms with Crippen LogP contribution in [0.2, 0.25) is 0 Å². The van der Waals surface area contributed by atoms with Gasteiger partial charge in [0.2, 0.25) is 0 Å². The maximum Gasteiger partial charge on any atom is 0.197 e. The van der Waals surface area contributed by atoms with Gasteiger partial charge in [0, 0.05) is 11.4 Å². The number of aromatic nitrogens is 4. The van der Waals surface area contributed by atoms with Crippen LogP contribution in [-0.4, -0.2) is 19.9 Å². The van der Waals surface area contributed by atoms with E-state index in [-0.39, 0.29) is 0 Å². The molecule has 0 aliphatic rings. The molecule has 4 nitrogen and oxygen atoms in total. The van der Waals surface area contributed by atoms with E-state index in [2.05, 4.69) is 72.3 Å². The van der Waals surface area contributed by atoms with Crippen molar-refractivity contribution in [2.24, 2.45) is 0 Å². The Balaban J connectivity index is 1.50. The molecule has 5 heteroatoms. The maximum atomic E-state index is 4.56. The summed E-state index contributed by atoms with van der Waals surface area (Å²) in [6.45, 7) is 0. The van der Waals surface area contributed by atoms with Gasteiger partial charge in [-0.3, -0.25) is 0 Å². The van der Waals surface area contributed by atoms with E-state index in [0.717, 1.165) is 45.3 Å². The van der Waals surface area contributed by atoms with Gasteiger partial charge >= 0.3 is 0 Å². The molecule has 0 spiro atoms. The number of H-pyrrole nitrogens is 2. The van der Waals surface area contributed by atoms with Crippen LogP contribution in [0, 0.1) is 0 Å². The number of rotatable bonds is 4. The van der Waals surface area contributed by atoms with Gasteiger partial charge in [-0.25, -0.2) is 9.97 Å². The molecule has 0 bridgehead atoms. The highest BCUT2D eigenvalue weighted by molar-refractivity contribution is 9.10. The van der Waals surface area contributed by atoms with Crippen molar-refractivity contribution in [3.05, 3.63) is 95.7 Å². The van der Waals surface area contributed by atoms with Gasteiger partial charge in [-0.05, 0) is 57.4 Å². The zero-order chi connectivity index (χ0) is 19.6. The van der Waals surface area contributed by atoms with Crippen LogP contribution in [0.5, 0.6) is 0 Å². The van der Waals surface area contributed by atoms with Crippen molar-refractivity contribution >= 4 is 15.9 Å². The van der Waals surface area contributed by atoms with Crippen molar-refractivity contribution in [3.63, 3.8) is 0 Å². The molecule has 0 unspecified atom stereocenters. The second-order valence-corrected chi connectivity index (χ2v) is 7.42. The van der Waals surface area contributed by atoms with Gasteiger partial charge in [-0.15, -0.1) is 0 Å². The number of nitrogens with zero attached hydrogens (tertiary/aromatic N) is 2. The zero-order valence-corrected chi connectivity index (χ0v) is 17.0. The van der Waals surface area contributed by atoms with Crippen molar-refractivity contribution in [2.45, 2.75) is 0 Å². The lowest BCUT2D eigenvalue weighted by Crippen LogP contribution is -1.93. The molecule has 5 aromatic rings. The summed E-state index contributed by atoms with van der Waals surface area (Å²) in [6, 6.07) is 30.7. The number of hydrogen-bond acceptors (Lipinski definition) is 2. The van der Waals surface area contributed by atoms with E-state index in [9.17, 15) is 0 Å². The quantitative estimate of drug-likeness (QED) is 0.310. The summed E-state index contributed by atoms with van der Waals surface area (Å²) in [5.74, 6) is 0. The third-order valence-electron chi connectivity index (χ3n) is 4.79. The lowest BCUT2D eigenvalue weighted by Gasteiger charge is -2.04. The van der Waals surface area contributed by atoms with Gasteiger partial charge in [-0.2, -0.15) is 0 Å². The van der Waals surface area contributed by atoms with E-state index in [1.165, 1.54) is 0 Å². The van der Waals surface area contributed by atoms with Crippen molar-refractivity contribution in [3.8, 4) is 45.3 Å². The second-order valence-electron chi connectivity index (χ2n) is 6.71. The van der Waals surface area contributed by atoms with Gasteiger partial charge < -0.3 is 9.97 Å². The molecule has 0 aliphatic heterocycles. The molecule has 0 aliphatic carbocycles. The van der Waals surface area contributed by atoms with Crippen molar-refractivity contribution in [1.82, 2.24) is 19.9 Å².